The first-order chi connectivity index (χ1) is 9.65. The lowest BCUT2D eigenvalue weighted by Gasteiger charge is -2.00. The summed E-state index contributed by atoms with van der Waals surface area (Å²) in [4.78, 5) is 16.3. The second-order valence-corrected chi connectivity index (χ2v) is 5.12. The van der Waals surface area contributed by atoms with Crippen molar-refractivity contribution in [1.82, 2.24) is 9.38 Å². The minimum Gasteiger partial charge on any atom is -0.476 e. The third kappa shape index (κ3) is 2.25. The molecule has 3 rings (SSSR count). The van der Waals surface area contributed by atoms with Gasteiger partial charge in [0.15, 0.2) is 5.69 Å². The van der Waals surface area contributed by atoms with Crippen LogP contribution in [0.2, 0.25) is 0 Å². The number of carboxylic acid groups (broad SMARTS) is 1. The molecule has 4 nitrogen and oxygen atoms in total. The van der Waals surface area contributed by atoms with Gasteiger partial charge in [-0.3, -0.25) is 4.40 Å². The van der Waals surface area contributed by atoms with Crippen molar-refractivity contribution in [2.75, 3.05) is 0 Å². The van der Waals surface area contributed by atoms with Gasteiger partial charge in [-0.25, -0.2) is 14.2 Å². The fraction of sp³-hybridized carbons (Fsp3) is 0. The molecule has 0 bridgehead atoms. The van der Waals surface area contributed by atoms with Crippen LogP contribution in [0, 0.1) is 5.82 Å². The molecular formula is C14H9FN2O2S. The molecule has 0 aliphatic heterocycles. The second kappa shape index (κ2) is 4.97. The SMILES string of the molecule is O=C(O)c1c(Sc2cccc(F)c2)nc2ccccn12. The van der Waals surface area contributed by atoms with E-state index < -0.39 is 5.97 Å². The van der Waals surface area contributed by atoms with E-state index in [1.807, 2.05) is 0 Å². The van der Waals surface area contributed by atoms with Crippen LogP contribution in [-0.2, 0) is 0 Å². The van der Waals surface area contributed by atoms with Crippen LogP contribution in [-0.4, -0.2) is 20.5 Å². The van der Waals surface area contributed by atoms with Crippen LogP contribution in [0.5, 0.6) is 0 Å². The van der Waals surface area contributed by atoms with Gasteiger partial charge in [-0.1, -0.05) is 23.9 Å². The molecule has 6 heteroatoms. The maximum Gasteiger partial charge on any atom is 0.355 e. The van der Waals surface area contributed by atoms with E-state index in [0.29, 0.717) is 15.6 Å². The van der Waals surface area contributed by atoms with Crippen molar-refractivity contribution < 1.29 is 14.3 Å². The van der Waals surface area contributed by atoms with Gasteiger partial charge in [-0.15, -0.1) is 0 Å². The summed E-state index contributed by atoms with van der Waals surface area (Å²) in [6, 6.07) is 11.2. The van der Waals surface area contributed by atoms with Crippen LogP contribution in [0.1, 0.15) is 10.5 Å². The number of benzene rings is 1. The van der Waals surface area contributed by atoms with Crippen molar-refractivity contribution in [1.29, 1.82) is 0 Å². The second-order valence-electron chi connectivity index (χ2n) is 4.06. The Kier molecular flexibility index (Phi) is 3.15. The summed E-state index contributed by atoms with van der Waals surface area (Å²) < 4.78 is 14.7. The zero-order valence-electron chi connectivity index (χ0n) is 10.2. The average molecular weight is 288 g/mol. The predicted molar refractivity (Wildman–Crippen MR) is 72.7 cm³/mol. The summed E-state index contributed by atoms with van der Waals surface area (Å²) in [6.45, 7) is 0. The molecule has 3 aromatic rings. The Morgan fingerprint density at radius 3 is 2.85 bits per heavy atom. The number of aromatic nitrogens is 2. The van der Waals surface area contributed by atoms with E-state index >= 15 is 0 Å². The zero-order valence-corrected chi connectivity index (χ0v) is 11.0. The number of halogens is 1. The van der Waals surface area contributed by atoms with Crippen LogP contribution < -0.4 is 0 Å². The number of fused-ring (bicyclic) bond motifs is 1. The van der Waals surface area contributed by atoms with Crippen molar-refractivity contribution in [2.24, 2.45) is 0 Å². The van der Waals surface area contributed by atoms with Crippen molar-refractivity contribution in [3.05, 3.63) is 60.2 Å². The number of imidazole rings is 1. The van der Waals surface area contributed by atoms with Gasteiger partial charge >= 0.3 is 5.97 Å². The largest absolute Gasteiger partial charge is 0.476 e. The van der Waals surface area contributed by atoms with Crippen molar-refractivity contribution in [2.45, 2.75) is 9.92 Å². The molecule has 100 valence electrons. The minimum atomic E-state index is -1.07. The molecule has 0 aliphatic carbocycles. The molecule has 0 aliphatic rings. The van der Waals surface area contributed by atoms with E-state index in [4.69, 9.17) is 0 Å². The first-order valence-corrected chi connectivity index (χ1v) is 6.60. The van der Waals surface area contributed by atoms with E-state index in [9.17, 15) is 14.3 Å². The number of hydrogen-bond donors (Lipinski definition) is 1. The number of aromatic carboxylic acids is 1. The Balaban J connectivity index is 2.11. The van der Waals surface area contributed by atoms with Gasteiger partial charge in [-0.05, 0) is 30.3 Å². The number of nitrogens with zero attached hydrogens (tertiary/aromatic N) is 2. The van der Waals surface area contributed by atoms with Gasteiger partial charge in [0.2, 0.25) is 0 Å². The number of carbonyl (C=O) groups is 1. The molecule has 0 atom stereocenters. The lowest BCUT2D eigenvalue weighted by molar-refractivity contribution is 0.0685. The maximum atomic E-state index is 13.2. The minimum absolute atomic E-state index is 0.0786. The van der Waals surface area contributed by atoms with Gasteiger partial charge < -0.3 is 5.11 Å². The summed E-state index contributed by atoms with van der Waals surface area (Å²) in [5.41, 5.74) is 0.624. The van der Waals surface area contributed by atoms with Crippen LogP contribution >= 0.6 is 11.8 Å². The molecule has 0 saturated carbocycles. The van der Waals surface area contributed by atoms with E-state index in [2.05, 4.69) is 4.98 Å². The van der Waals surface area contributed by atoms with Gasteiger partial charge in [-0.2, -0.15) is 0 Å². The molecule has 1 aromatic carbocycles. The van der Waals surface area contributed by atoms with Gasteiger partial charge in [0, 0.05) is 11.1 Å². The number of carboxylic acids is 1. The van der Waals surface area contributed by atoms with Crippen LogP contribution in [0.25, 0.3) is 5.65 Å². The first kappa shape index (κ1) is 12.7. The fourth-order valence-electron chi connectivity index (χ4n) is 1.88. The highest BCUT2D eigenvalue weighted by molar-refractivity contribution is 7.99. The Bertz CT molecular complexity index is 801. The van der Waals surface area contributed by atoms with Gasteiger partial charge in [0.1, 0.15) is 16.5 Å². The van der Waals surface area contributed by atoms with Crippen LogP contribution in [0.4, 0.5) is 4.39 Å². The van der Waals surface area contributed by atoms with E-state index in [1.165, 1.54) is 16.5 Å². The Hall–Kier alpha value is -2.34. The first-order valence-electron chi connectivity index (χ1n) is 5.79. The number of pyridine rings is 1. The fourth-order valence-corrected chi connectivity index (χ4v) is 2.84. The summed E-state index contributed by atoms with van der Waals surface area (Å²) in [5, 5.41) is 9.68. The maximum absolute atomic E-state index is 13.2. The third-order valence-corrected chi connectivity index (χ3v) is 3.68. The Morgan fingerprint density at radius 1 is 1.25 bits per heavy atom. The Morgan fingerprint density at radius 2 is 2.10 bits per heavy atom. The number of rotatable bonds is 3. The topological polar surface area (TPSA) is 54.6 Å². The lowest BCUT2D eigenvalue weighted by Crippen LogP contribution is -2.02. The summed E-state index contributed by atoms with van der Waals surface area (Å²) in [7, 11) is 0. The average Bonchev–Trinajstić information content (AvgIpc) is 2.76. The van der Waals surface area contributed by atoms with E-state index in [-0.39, 0.29) is 11.5 Å². The van der Waals surface area contributed by atoms with Crippen LogP contribution in [0.3, 0.4) is 0 Å². The standard InChI is InChI=1S/C14H9FN2O2S/c15-9-4-3-5-10(8-9)20-13-12(14(18)19)17-7-2-1-6-11(17)16-13/h1-8H,(H,18,19). The van der Waals surface area contributed by atoms with Crippen molar-refractivity contribution in [3.8, 4) is 0 Å². The third-order valence-electron chi connectivity index (χ3n) is 2.71. The van der Waals surface area contributed by atoms with E-state index in [1.54, 1.807) is 36.5 Å². The molecule has 0 spiro atoms. The monoisotopic (exact) mass is 288 g/mol. The zero-order chi connectivity index (χ0) is 14.1. The molecule has 2 aromatic heterocycles. The Labute approximate surface area is 117 Å². The highest BCUT2D eigenvalue weighted by atomic mass is 32.2. The number of hydrogen-bond acceptors (Lipinski definition) is 3. The van der Waals surface area contributed by atoms with Crippen molar-refractivity contribution in [3.63, 3.8) is 0 Å². The molecule has 20 heavy (non-hydrogen) atoms. The van der Waals surface area contributed by atoms with Crippen LogP contribution in [0.15, 0.2) is 58.6 Å². The van der Waals surface area contributed by atoms with Gasteiger partial charge in [0.25, 0.3) is 0 Å². The van der Waals surface area contributed by atoms with Crippen molar-refractivity contribution >= 4 is 23.4 Å². The normalized spacial score (nSPS) is 10.8. The van der Waals surface area contributed by atoms with Gasteiger partial charge in [0.05, 0.1) is 0 Å². The molecule has 0 saturated heterocycles. The predicted octanol–water partition coefficient (Wildman–Crippen LogP) is 3.32. The molecule has 0 amide bonds. The molecule has 1 N–H and O–H groups in total. The highest BCUT2D eigenvalue weighted by Crippen LogP contribution is 2.30. The molecular weight excluding hydrogens is 279 g/mol. The van der Waals surface area contributed by atoms with E-state index in [0.717, 1.165) is 11.8 Å². The lowest BCUT2D eigenvalue weighted by atomic mass is 10.4. The molecule has 2 heterocycles. The summed E-state index contributed by atoms with van der Waals surface area (Å²) in [5.74, 6) is -1.43. The smallest absolute Gasteiger partial charge is 0.355 e. The molecule has 0 unspecified atom stereocenters. The summed E-state index contributed by atoms with van der Waals surface area (Å²) in [6.07, 6.45) is 1.64. The molecule has 0 radical (unpaired) electrons. The molecule has 0 fully saturated rings. The quantitative estimate of drug-likeness (QED) is 0.803. The summed E-state index contributed by atoms with van der Waals surface area (Å²) >= 11 is 1.13. The highest BCUT2D eigenvalue weighted by Gasteiger charge is 2.19.